The van der Waals surface area contributed by atoms with Crippen LogP contribution >= 0.6 is 15.6 Å². The van der Waals surface area contributed by atoms with Gasteiger partial charge in [-0.05, 0) is 37.1 Å². The van der Waals surface area contributed by atoms with Crippen molar-refractivity contribution in [2.45, 2.75) is 63.2 Å². The van der Waals surface area contributed by atoms with E-state index in [4.69, 9.17) is 10.5 Å². The first kappa shape index (κ1) is 45.6. The number of aliphatic hydroxyl groups excluding tert-OH is 5. The first-order valence-electron chi connectivity index (χ1n) is 15.4. The SMILES string of the molecule is Cc1cc2nc3c(=O)[nH]c(=O)nc-3n(C[C@H](O)[C@H](O)[C@H](O)COP(=O)([O-])OP(=O)([O-])OC[C@H]3OC(n4cnc5c(N)ncnc54)[C@H](O)[C@@H]3O)c2cc1C.[Na+].[Na+]. The number of nitrogens with one attached hydrogen (secondary N) is 1. The van der Waals surface area contributed by atoms with Gasteiger partial charge in [-0.2, -0.15) is 4.98 Å². The molecule has 0 spiro atoms. The van der Waals surface area contributed by atoms with E-state index in [0.29, 0.717) is 0 Å². The Bertz CT molecular complexity index is 2370. The van der Waals surface area contributed by atoms with Gasteiger partial charge in [0.25, 0.3) is 21.2 Å². The third-order valence-corrected chi connectivity index (χ3v) is 10.9. The van der Waals surface area contributed by atoms with Crippen molar-refractivity contribution in [1.29, 1.82) is 0 Å². The molecular formula is C27H31N9Na2O15P2. The molecular weight excluding hydrogens is 798 g/mol. The number of phosphoric acid groups is 2. The van der Waals surface area contributed by atoms with Crippen LogP contribution in [0, 0.1) is 13.8 Å². The second-order valence-electron chi connectivity index (χ2n) is 12.0. The van der Waals surface area contributed by atoms with Crippen LogP contribution in [0.3, 0.4) is 0 Å². The summed E-state index contributed by atoms with van der Waals surface area (Å²) in [6, 6.07) is 3.27. The molecule has 9 atom stereocenters. The molecule has 0 saturated carbocycles. The Morgan fingerprint density at radius 3 is 2.36 bits per heavy atom. The van der Waals surface area contributed by atoms with E-state index in [9.17, 15) is 54.0 Å². The molecule has 3 aliphatic rings. The van der Waals surface area contributed by atoms with Crippen molar-refractivity contribution in [1.82, 2.24) is 39.0 Å². The van der Waals surface area contributed by atoms with Crippen LogP contribution in [0.15, 0.2) is 34.4 Å². The van der Waals surface area contributed by atoms with Gasteiger partial charge < -0.3 is 59.4 Å². The van der Waals surface area contributed by atoms with E-state index >= 15 is 0 Å². The standard InChI is InChI=1S/C27H33N9O15P2.2Na/c1-10-3-12-13(4-11(10)2)35(24-18(32-12)25(42)34-27(43)33-24)5-14(37)19(39)15(38)6-48-52(44,45)51-53(46,47)49-7-16-20(40)21(41)26(50-16)36-9-31-17-22(28)29-8-30-23(17)36;;/h3-4,8-9,14-16,19-21,26,37-41H,5-7H2,1-2H3,(H,44,45)(H,46,47)(H2,28,29,30)(H,34,42,43);;/q;2*+1/p-2/t14-,15+,16+,19-,20+,21+,26?;;/m0../s1. The molecule has 24 nitrogen and oxygen atoms in total. The number of imidazole rings is 1. The first-order chi connectivity index (χ1) is 24.9. The number of H-pyrrole nitrogens is 1. The number of hydrogen-bond acceptors (Lipinski definition) is 21. The smallest absolute Gasteiger partial charge is 0.756 e. The van der Waals surface area contributed by atoms with E-state index < -0.39 is 89.5 Å². The third-order valence-electron chi connectivity index (χ3n) is 8.38. The summed E-state index contributed by atoms with van der Waals surface area (Å²) in [6.07, 6.45) is -10.3. The van der Waals surface area contributed by atoms with Gasteiger partial charge in [-0.15, -0.1) is 0 Å². The fourth-order valence-corrected chi connectivity index (χ4v) is 7.56. The summed E-state index contributed by atoms with van der Waals surface area (Å²) in [7, 11) is -11.6. The maximum absolute atomic E-state index is 12.5. The van der Waals surface area contributed by atoms with Gasteiger partial charge in [0, 0.05) is 0 Å². The van der Waals surface area contributed by atoms with Crippen LogP contribution in [0.5, 0.6) is 0 Å². The average Bonchev–Trinajstić information content (AvgIpc) is 3.63. The predicted molar refractivity (Wildman–Crippen MR) is 172 cm³/mol. The fourth-order valence-electron chi connectivity index (χ4n) is 5.54. The number of aromatic nitrogens is 8. The maximum Gasteiger partial charge on any atom is 1.00 e. The summed E-state index contributed by atoms with van der Waals surface area (Å²) in [4.78, 5) is 71.1. The average molecular weight is 830 g/mol. The molecule has 5 heterocycles. The number of aliphatic hydroxyl groups is 5. The van der Waals surface area contributed by atoms with Gasteiger partial charge in [-0.25, -0.2) is 29.0 Å². The zero-order valence-electron chi connectivity index (χ0n) is 29.4. The molecule has 0 aliphatic carbocycles. The summed E-state index contributed by atoms with van der Waals surface area (Å²) < 4.78 is 45.7. The Balaban J connectivity index is 0.00000336. The second-order valence-corrected chi connectivity index (χ2v) is 15.0. The minimum absolute atomic E-state index is 0. The summed E-state index contributed by atoms with van der Waals surface area (Å²) in [5, 5.41) is 52.9. The quantitative estimate of drug-likeness (QED) is 0.0329. The molecule has 0 bridgehead atoms. The Morgan fingerprint density at radius 2 is 1.65 bits per heavy atom. The van der Waals surface area contributed by atoms with E-state index in [1.54, 1.807) is 26.0 Å². The minimum Gasteiger partial charge on any atom is -0.756 e. The molecule has 286 valence electrons. The van der Waals surface area contributed by atoms with Crippen molar-refractivity contribution in [3.05, 3.63) is 56.8 Å². The number of nitrogens with two attached hydrogens (primary N) is 1. The molecule has 1 fully saturated rings. The van der Waals surface area contributed by atoms with Crippen LogP contribution in [-0.2, 0) is 33.8 Å². The van der Waals surface area contributed by atoms with Crippen LogP contribution in [-0.4, -0.2) is 114 Å². The van der Waals surface area contributed by atoms with Gasteiger partial charge >= 0.3 is 64.8 Å². The number of ether oxygens (including phenoxy) is 1. The molecule has 3 aliphatic heterocycles. The molecule has 3 unspecified atom stereocenters. The Hall–Kier alpha value is -2.13. The van der Waals surface area contributed by atoms with E-state index in [-0.39, 0.29) is 98.6 Å². The summed E-state index contributed by atoms with van der Waals surface area (Å²) in [6.45, 7) is 0.570. The number of benzene rings is 1. The van der Waals surface area contributed by atoms with Gasteiger partial charge in [0.2, 0.25) is 0 Å². The molecule has 0 radical (unpaired) electrons. The van der Waals surface area contributed by atoms with Crippen LogP contribution in [0.2, 0.25) is 0 Å². The normalized spacial score (nSPS) is 22.4. The van der Waals surface area contributed by atoms with E-state index in [1.165, 1.54) is 15.5 Å². The van der Waals surface area contributed by atoms with Gasteiger partial charge in [0.1, 0.15) is 48.5 Å². The molecule has 8 N–H and O–H groups in total. The number of nitrogens with zero attached hydrogens (tertiary/aromatic N) is 7. The zero-order valence-corrected chi connectivity index (χ0v) is 35.2. The molecule has 2 aromatic heterocycles. The number of nitrogen functional groups attached to an aromatic ring is 1. The monoisotopic (exact) mass is 829 g/mol. The third kappa shape index (κ3) is 9.78. The van der Waals surface area contributed by atoms with Crippen LogP contribution < -0.4 is 85.9 Å². The van der Waals surface area contributed by atoms with E-state index in [1.807, 2.05) is 4.98 Å². The number of fused-ring (bicyclic) bond motifs is 3. The number of hydrogen-bond donors (Lipinski definition) is 7. The summed E-state index contributed by atoms with van der Waals surface area (Å²) in [5.74, 6) is -0.243. The predicted octanol–water partition coefficient (Wildman–Crippen LogP) is -9.68. The maximum atomic E-state index is 12.5. The largest absolute Gasteiger partial charge is 1.00 e. The Morgan fingerprint density at radius 1 is 0.982 bits per heavy atom. The number of anilines is 1. The molecule has 55 heavy (non-hydrogen) atoms. The number of phosphoric ester groups is 2. The van der Waals surface area contributed by atoms with Gasteiger partial charge in [-0.1, -0.05) is 0 Å². The number of rotatable bonds is 13. The van der Waals surface area contributed by atoms with Crippen molar-refractivity contribution in [3.8, 4) is 11.5 Å². The zero-order chi connectivity index (χ0) is 38.6. The van der Waals surface area contributed by atoms with Gasteiger partial charge in [-0.3, -0.25) is 23.5 Å². The molecule has 6 rings (SSSR count). The molecule has 28 heteroatoms. The second kappa shape index (κ2) is 17.8. The van der Waals surface area contributed by atoms with Crippen molar-refractivity contribution >= 4 is 43.7 Å². The summed E-state index contributed by atoms with van der Waals surface area (Å²) in [5.41, 5.74) is 5.97. The van der Waals surface area contributed by atoms with Crippen LogP contribution in [0.25, 0.3) is 33.7 Å². The van der Waals surface area contributed by atoms with Gasteiger partial charge in [0.05, 0.1) is 37.1 Å². The Labute approximate surface area is 352 Å². The molecule has 1 aromatic carbocycles. The molecule has 1 saturated heterocycles. The fraction of sp³-hybridized carbons (Fsp3) is 0.444. The van der Waals surface area contributed by atoms with Crippen molar-refractivity contribution in [3.63, 3.8) is 0 Å². The topological polar surface area (TPSA) is 369 Å². The van der Waals surface area contributed by atoms with Crippen LogP contribution in [0.4, 0.5) is 5.82 Å². The van der Waals surface area contributed by atoms with E-state index in [0.717, 1.165) is 17.5 Å². The Kier molecular flexibility index (Phi) is 14.7. The first-order valence-corrected chi connectivity index (χ1v) is 18.3. The van der Waals surface area contributed by atoms with Crippen molar-refractivity contribution in [2.24, 2.45) is 0 Å². The van der Waals surface area contributed by atoms with E-state index in [2.05, 4.69) is 38.3 Å². The van der Waals surface area contributed by atoms with Crippen molar-refractivity contribution < 1.29 is 122 Å². The minimum atomic E-state index is -5.85. The summed E-state index contributed by atoms with van der Waals surface area (Å²) >= 11 is 0. The number of aryl methyl sites for hydroxylation is 2. The van der Waals surface area contributed by atoms with Crippen LogP contribution in [0.1, 0.15) is 17.4 Å². The number of aromatic amines is 1. The van der Waals surface area contributed by atoms with Gasteiger partial charge in [0.15, 0.2) is 29.2 Å². The van der Waals surface area contributed by atoms with Crippen molar-refractivity contribution in [2.75, 3.05) is 18.9 Å². The molecule has 3 aromatic rings. The molecule has 0 amide bonds.